The van der Waals surface area contributed by atoms with Crippen molar-refractivity contribution in [3.8, 4) is 5.75 Å². The largest absolute Gasteiger partial charge is 0.492 e. The minimum Gasteiger partial charge on any atom is -0.492 e. The highest BCUT2D eigenvalue weighted by Gasteiger charge is 2.41. The Labute approximate surface area is 151 Å². The van der Waals surface area contributed by atoms with Crippen LogP contribution in [0, 0.1) is 6.92 Å². The normalized spacial score (nSPS) is 14.8. The molecular formula is C18H18N2O5S. The van der Waals surface area contributed by atoms with Gasteiger partial charge in [0.15, 0.2) is 0 Å². The number of nitrogens with zero attached hydrogens (tertiary/aromatic N) is 1. The van der Waals surface area contributed by atoms with Crippen LogP contribution in [0.3, 0.4) is 0 Å². The molecule has 2 aromatic rings. The van der Waals surface area contributed by atoms with Gasteiger partial charge >= 0.3 is 0 Å². The third kappa shape index (κ3) is 3.55. The van der Waals surface area contributed by atoms with Crippen LogP contribution in [0.4, 0.5) is 0 Å². The third-order valence-corrected chi connectivity index (χ3v) is 5.67. The number of carbonyl (C=O) groups is 2. The minimum absolute atomic E-state index is 0.0689. The van der Waals surface area contributed by atoms with E-state index in [-0.39, 0.29) is 23.6 Å². The number of nitrogens with one attached hydrogen (secondary N) is 1. The fraction of sp³-hybridized carbons (Fsp3) is 0.222. The predicted octanol–water partition coefficient (Wildman–Crippen LogP) is 1.33. The number of hydrogen-bond donors (Lipinski definition) is 1. The van der Waals surface area contributed by atoms with Crippen LogP contribution in [0.2, 0.25) is 0 Å². The predicted molar refractivity (Wildman–Crippen MR) is 94.3 cm³/mol. The molecule has 1 aliphatic rings. The van der Waals surface area contributed by atoms with Gasteiger partial charge in [-0.15, -0.1) is 0 Å². The molecule has 1 aliphatic heterocycles. The van der Waals surface area contributed by atoms with Crippen LogP contribution in [0.1, 0.15) is 15.9 Å². The Kier molecular flexibility index (Phi) is 4.94. The number of rotatable bonds is 6. The number of ether oxygens (including phenoxy) is 1. The van der Waals surface area contributed by atoms with E-state index in [4.69, 9.17) is 4.74 Å². The molecule has 0 radical (unpaired) electrons. The Morgan fingerprint density at radius 3 is 2.65 bits per heavy atom. The van der Waals surface area contributed by atoms with E-state index in [1.807, 2.05) is 31.2 Å². The van der Waals surface area contributed by atoms with E-state index in [0.29, 0.717) is 10.1 Å². The van der Waals surface area contributed by atoms with E-state index < -0.39 is 28.4 Å². The quantitative estimate of drug-likeness (QED) is 0.770. The van der Waals surface area contributed by atoms with Crippen LogP contribution in [0.25, 0.3) is 0 Å². The minimum atomic E-state index is -3.98. The van der Waals surface area contributed by atoms with Gasteiger partial charge in [-0.3, -0.25) is 9.59 Å². The average Bonchev–Trinajstić information content (AvgIpc) is 2.80. The molecule has 2 aromatic carbocycles. The lowest BCUT2D eigenvalue weighted by Crippen LogP contribution is -2.41. The highest BCUT2D eigenvalue weighted by Crippen LogP contribution is 2.29. The molecular weight excluding hydrogens is 356 g/mol. The molecule has 1 N–H and O–H groups in total. The van der Waals surface area contributed by atoms with Gasteiger partial charge in [0.2, 0.25) is 5.91 Å². The van der Waals surface area contributed by atoms with Gasteiger partial charge in [-0.05, 0) is 36.8 Å². The zero-order chi connectivity index (χ0) is 18.7. The molecule has 1 heterocycles. The molecule has 136 valence electrons. The molecule has 0 atom stereocenters. The van der Waals surface area contributed by atoms with Crippen LogP contribution in [0.5, 0.6) is 5.75 Å². The molecule has 26 heavy (non-hydrogen) atoms. The zero-order valence-corrected chi connectivity index (χ0v) is 15.0. The second kappa shape index (κ2) is 7.17. The van der Waals surface area contributed by atoms with E-state index in [9.17, 15) is 18.0 Å². The monoisotopic (exact) mass is 374 g/mol. The van der Waals surface area contributed by atoms with E-state index in [2.05, 4.69) is 5.32 Å². The summed E-state index contributed by atoms with van der Waals surface area (Å²) >= 11 is 0. The van der Waals surface area contributed by atoms with Crippen molar-refractivity contribution in [2.45, 2.75) is 11.8 Å². The van der Waals surface area contributed by atoms with Gasteiger partial charge in [0.1, 0.15) is 23.8 Å². The molecule has 0 fully saturated rings. The average molecular weight is 374 g/mol. The lowest BCUT2D eigenvalue weighted by Gasteiger charge is -2.15. The van der Waals surface area contributed by atoms with Gasteiger partial charge in [0.05, 0.1) is 12.1 Å². The molecule has 3 rings (SSSR count). The van der Waals surface area contributed by atoms with Crippen LogP contribution in [-0.2, 0) is 14.8 Å². The molecule has 8 heteroatoms. The summed E-state index contributed by atoms with van der Waals surface area (Å²) in [6.45, 7) is 1.82. The first-order valence-electron chi connectivity index (χ1n) is 8.02. The Morgan fingerprint density at radius 2 is 1.92 bits per heavy atom. The van der Waals surface area contributed by atoms with Crippen molar-refractivity contribution in [2.75, 3.05) is 19.7 Å². The molecule has 2 amide bonds. The summed E-state index contributed by atoms with van der Waals surface area (Å²) in [5.74, 6) is -0.568. The van der Waals surface area contributed by atoms with Crippen LogP contribution in [-0.4, -0.2) is 44.2 Å². The molecule has 0 unspecified atom stereocenters. The first-order chi connectivity index (χ1) is 12.4. The van der Waals surface area contributed by atoms with Crippen molar-refractivity contribution >= 4 is 21.8 Å². The van der Waals surface area contributed by atoms with Gasteiger partial charge in [-0.2, -0.15) is 0 Å². The number of fused-ring (bicyclic) bond motifs is 1. The highest BCUT2D eigenvalue weighted by molar-refractivity contribution is 7.90. The van der Waals surface area contributed by atoms with Gasteiger partial charge in [-0.25, -0.2) is 12.7 Å². The van der Waals surface area contributed by atoms with E-state index in [1.54, 1.807) is 6.07 Å². The zero-order valence-electron chi connectivity index (χ0n) is 14.1. The van der Waals surface area contributed by atoms with Gasteiger partial charge in [0.25, 0.3) is 15.9 Å². The smallest absolute Gasteiger partial charge is 0.269 e. The number of aryl methyl sites for hydroxylation is 1. The standard InChI is InChI=1S/C18H18N2O5S/c1-13-5-4-6-14(11-13)25-10-9-19-17(21)12-20-18(22)15-7-2-3-8-16(15)26(20,23)24/h2-8,11H,9-10,12H2,1H3,(H,19,21). The van der Waals surface area contributed by atoms with Gasteiger partial charge in [0, 0.05) is 0 Å². The Balaban J connectivity index is 1.53. The first kappa shape index (κ1) is 17.9. The first-order valence-corrected chi connectivity index (χ1v) is 9.46. The molecule has 0 saturated heterocycles. The number of carbonyl (C=O) groups excluding carboxylic acids is 2. The van der Waals surface area contributed by atoms with Crippen molar-refractivity contribution < 1.29 is 22.7 Å². The molecule has 7 nitrogen and oxygen atoms in total. The highest BCUT2D eigenvalue weighted by atomic mass is 32.2. The molecule has 0 spiro atoms. The van der Waals surface area contributed by atoms with E-state index in [1.165, 1.54) is 18.2 Å². The second-order valence-corrected chi connectivity index (χ2v) is 7.66. The van der Waals surface area contributed by atoms with Crippen LogP contribution < -0.4 is 10.1 Å². The summed E-state index contributed by atoms with van der Waals surface area (Å²) in [5, 5.41) is 2.56. The van der Waals surface area contributed by atoms with Crippen molar-refractivity contribution in [1.82, 2.24) is 9.62 Å². The van der Waals surface area contributed by atoms with Crippen molar-refractivity contribution in [3.63, 3.8) is 0 Å². The number of benzene rings is 2. The topological polar surface area (TPSA) is 92.8 Å². The fourth-order valence-electron chi connectivity index (χ4n) is 2.64. The SMILES string of the molecule is Cc1cccc(OCCNC(=O)CN2C(=O)c3ccccc3S2(=O)=O)c1. The summed E-state index contributed by atoms with van der Waals surface area (Å²) in [7, 11) is -3.98. The lowest BCUT2D eigenvalue weighted by atomic mass is 10.2. The summed E-state index contributed by atoms with van der Waals surface area (Å²) in [5.41, 5.74) is 1.15. The maximum Gasteiger partial charge on any atom is 0.269 e. The Morgan fingerprint density at radius 1 is 1.15 bits per heavy atom. The van der Waals surface area contributed by atoms with Crippen LogP contribution in [0.15, 0.2) is 53.4 Å². The summed E-state index contributed by atoms with van der Waals surface area (Å²) in [6.07, 6.45) is 0. The number of hydrogen-bond acceptors (Lipinski definition) is 5. The van der Waals surface area contributed by atoms with Crippen molar-refractivity contribution in [2.24, 2.45) is 0 Å². The molecule has 0 saturated carbocycles. The fourth-order valence-corrected chi connectivity index (χ4v) is 4.16. The number of sulfonamides is 1. The maximum absolute atomic E-state index is 12.4. The maximum atomic E-state index is 12.4. The molecule has 0 aromatic heterocycles. The summed E-state index contributed by atoms with van der Waals surface area (Å²) < 4.78 is 30.9. The lowest BCUT2D eigenvalue weighted by molar-refractivity contribution is -0.121. The van der Waals surface area contributed by atoms with E-state index >= 15 is 0 Å². The van der Waals surface area contributed by atoms with Gasteiger partial charge < -0.3 is 10.1 Å². The van der Waals surface area contributed by atoms with Crippen molar-refractivity contribution in [3.05, 3.63) is 59.7 Å². The number of amides is 2. The van der Waals surface area contributed by atoms with Crippen molar-refractivity contribution in [1.29, 1.82) is 0 Å². The summed E-state index contributed by atoms with van der Waals surface area (Å²) in [6, 6.07) is 13.4. The Bertz CT molecular complexity index is 956. The van der Waals surface area contributed by atoms with E-state index in [0.717, 1.165) is 5.56 Å². The molecule has 0 aliphatic carbocycles. The Hall–Kier alpha value is -2.87. The summed E-state index contributed by atoms with van der Waals surface area (Å²) in [4.78, 5) is 24.2. The van der Waals surface area contributed by atoms with Crippen LogP contribution >= 0.6 is 0 Å². The second-order valence-electron chi connectivity index (χ2n) is 5.83. The molecule has 0 bridgehead atoms. The van der Waals surface area contributed by atoms with Gasteiger partial charge in [-0.1, -0.05) is 24.3 Å². The third-order valence-electron chi connectivity index (χ3n) is 3.88.